The summed E-state index contributed by atoms with van der Waals surface area (Å²) in [4.78, 5) is 29.3. The molecule has 1 fully saturated rings. The van der Waals surface area contributed by atoms with Crippen LogP contribution in [0.5, 0.6) is 0 Å². The van der Waals surface area contributed by atoms with Crippen LogP contribution in [0.15, 0.2) is 42.6 Å². The molecular formula is C17H17FN4O2. The van der Waals surface area contributed by atoms with Gasteiger partial charge in [-0.2, -0.15) is 0 Å². The zero-order valence-electron chi connectivity index (χ0n) is 13.0. The summed E-state index contributed by atoms with van der Waals surface area (Å²) in [6.45, 7) is 2.13. The summed E-state index contributed by atoms with van der Waals surface area (Å²) >= 11 is 0. The first-order chi connectivity index (χ1) is 11.6. The fourth-order valence-electron chi connectivity index (χ4n) is 2.48. The number of benzene rings is 1. The summed E-state index contributed by atoms with van der Waals surface area (Å²) in [6.07, 6.45) is 1.46. The van der Waals surface area contributed by atoms with Crippen LogP contribution >= 0.6 is 0 Å². The van der Waals surface area contributed by atoms with Crippen LogP contribution in [-0.2, 0) is 0 Å². The lowest BCUT2D eigenvalue weighted by Crippen LogP contribution is -2.36. The van der Waals surface area contributed by atoms with Gasteiger partial charge in [-0.1, -0.05) is 12.1 Å². The van der Waals surface area contributed by atoms with Crippen molar-refractivity contribution in [3.63, 3.8) is 0 Å². The Kier molecular flexibility index (Phi) is 4.69. The van der Waals surface area contributed by atoms with Crippen LogP contribution < -0.4 is 10.6 Å². The second-order valence-corrected chi connectivity index (χ2v) is 5.42. The lowest BCUT2D eigenvalue weighted by Gasteiger charge is -2.14. The quantitative estimate of drug-likeness (QED) is 0.876. The summed E-state index contributed by atoms with van der Waals surface area (Å²) in [6, 6.07) is 9.34. The van der Waals surface area contributed by atoms with Crippen LogP contribution in [0, 0.1) is 5.82 Å². The van der Waals surface area contributed by atoms with Gasteiger partial charge in [0.15, 0.2) is 0 Å². The van der Waals surface area contributed by atoms with E-state index < -0.39 is 0 Å². The number of hydrogen-bond donors (Lipinski definition) is 2. The number of urea groups is 1. The van der Waals surface area contributed by atoms with Gasteiger partial charge in [-0.3, -0.25) is 9.78 Å². The summed E-state index contributed by atoms with van der Waals surface area (Å²) in [5.41, 5.74) is 1.67. The zero-order chi connectivity index (χ0) is 16.9. The fourth-order valence-corrected chi connectivity index (χ4v) is 2.48. The highest BCUT2D eigenvalue weighted by atomic mass is 19.1. The van der Waals surface area contributed by atoms with Crippen molar-refractivity contribution in [2.24, 2.45) is 0 Å². The van der Waals surface area contributed by atoms with E-state index in [1.54, 1.807) is 29.2 Å². The SMILES string of the molecule is O=C(NCCN1CCNC1=O)c1ccc(-c2cccc(F)c2)nc1. The van der Waals surface area contributed by atoms with Crippen molar-refractivity contribution < 1.29 is 14.0 Å². The van der Waals surface area contributed by atoms with Gasteiger partial charge in [-0.15, -0.1) is 0 Å². The molecule has 0 bridgehead atoms. The number of carbonyl (C=O) groups is 2. The van der Waals surface area contributed by atoms with Gasteiger partial charge in [-0.05, 0) is 24.3 Å². The van der Waals surface area contributed by atoms with Gasteiger partial charge in [0.25, 0.3) is 5.91 Å². The molecule has 24 heavy (non-hydrogen) atoms. The summed E-state index contributed by atoms with van der Waals surface area (Å²) < 4.78 is 13.2. The first-order valence-electron chi connectivity index (χ1n) is 7.66. The molecular weight excluding hydrogens is 311 g/mol. The molecule has 2 N–H and O–H groups in total. The Morgan fingerprint density at radius 1 is 1.33 bits per heavy atom. The van der Waals surface area contributed by atoms with Gasteiger partial charge in [0.05, 0.1) is 11.3 Å². The van der Waals surface area contributed by atoms with E-state index >= 15 is 0 Å². The smallest absolute Gasteiger partial charge is 0.317 e. The zero-order valence-corrected chi connectivity index (χ0v) is 13.0. The molecule has 0 atom stereocenters. The van der Waals surface area contributed by atoms with Gasteiger partial charge < -0.3 is 15.5 Å². The highest BCUT2D eigenvalue weighted by Crippen LogP contribution is 2.17. The molecule has 0 radical (unpaired) electrons. The molecule has 2 aromatic rings. The van der Waals surface area contributed by atoms with E-state index in [-0.39, 0.29) is 17.8 Å². The molecule has 2 heterocycles. The van der Waals surface area contributed by atoms with E-state index in [9.17, 15) is 14.0 Å². The number of aromatic nitrogens is 1. The largest absolute Gasteiger partial charge is 0.350 e. The number of hydrogen-bond acceptors (Lipinski definition) is 3. The van der Waals surface area contributed by atoms with E-state index in [0.717, 1.165) is 0 Å². The Balaban J connectivity index is 1.56. The molecule has 3 rings (SSSR count). The lowest BCUT2D eigenvalue weighted by molar-refractivity contribution is 0.0950. The standard InChI is InChI=1S/C17H17FN4O2/c18-14-3-1-2-12(10-14)15-5-4-13(11-21-15)16(23)19-6-8-22-9-7-20-17(22)24/h1-5,10-11H,6-9H2,(H,19,23)(H,20,24). The molecule has 6 nitrogen and oxygen atoms in total. The predicted octanol–water partition coefficient (Wildman–Crippen LogP) is 1.64. The minimum Gasteiger partial charge on any atom is -0.350 e. The Bertz CT molecular complexity index is 749. The molecule has 124 valence electrons. The van der Waals surface area contributed by atoms with Crippen molar-refractivity contribution in [1.29, 1.82) is 0 Å². The Morgan fingerprint density at radius 3 is 2.88 bits per heavy atom. The molecule has 1 aliphatic heterocycles. The monoisotopic (exact) mass is 328 g/mol. The van der Waals surface area contributed by atoms with Crippen molar-refractivity contribution in [2.45, 2.75) is 0 Å². The van der Waals surface area contributed by atoms with Crippen molar-refractivity contribution in [1.82, 2.24) is 20.5 Å². The molecule has 7 heteroatoms. The molecule has 1 aromatic heterocycles. The second-order valence-electron chi connectivity index (χ2n) is 5.42. The van der Waals surface area contributed by atoms with Crippen molar-refractivity contribution >= 4 is 11.9 Å². The minimum atomic E-state index is -0.331. The summed E-state index contributed by atoms with van der Waals surface area (Å²) in [7, 11) is 0. The van der Waals surface area contributed by atoms with Crippen molar-refractivity contribution in [3.8, 4) is 11.3 Å². The molecule has 0 saturated carbocycles. The van der Waals surface area contributed by atoms with Gasteiger partial charge >= 0.3 is 6.03 Å². The van der Waals surface area contributed by atoms with E-state index in [2.05, 4.69) is 15.6 Å². The Labute approximate surface area is 138 Å². The average Bonchev–Trinajstić information content (AvgIpc) is 3.00. The van der Waals surface area contributed by atoms with Gasteiger partial charge in [0.2, 0.25) is 0 Å². The van der Waals surface area contributed by atoms with Crippen LogP contribution in [0.4, 0.5) is 9.18 Å². The maximum Gasteiger partial charge on any atom is 0.317 e. The van der Waals surface area contributed by atoms with Crippen LogP contribution in [0.2, 0.25) is 0 Å². The molecule has 1 aliphatic rings. The summed E-state index contributed by atoms with van der Waals surface area (Å²) in [5, 5.41) is 5.46. The molecule has 0 unspecified atom stereocenters. The number of nitrogens with one attached hydrogen (secondary N) is 2. The highest BCUT2D eigenvalue weighted by Gasteiger charge is 2.18. The number of nitrogens with zero attached hydrogens (tertiary/aromatic N) is 2. The number of rotatable bonds is 5. The molecule has 1 saturated heterocycles. The molecule has 3 amide bonds. The highest BCUT2D eigenvalue weighted by molar-refractivity contribution is 5.94. The van der Waals surface area contributed by atoms with E-state index in [1.165, 1.54) is 18.3 Å². The van der Waals surface area contributed by atoms with Gasteiger partial charge in [-0.25, -0.2) is 9.18 Å². The molecule has 0 aliphatic carbocycles. The number of pyridine rings is 1. The number of amides is 3. The first-order valence-corrected chi connectivity index (χ1v) is 7.66. The second kappa shape index (κ2) is 7.08. The van der Waals surface area contributed by atoms with Gasteiger partial charge in [0, 0.05) is 37.9 Å². The Hall–Kier alpha value is -2.96. The number of carbonyl (C=O) groups excluding carboxylic acids is 2. The first kappa shape index (κ1) is 15.9. The maximum atomic E-state index is 13.2. The third-order valence-corrected chi connectivity index (χ3v) is 3.76. The minimum absolute atomic E-state index is 0.106. The van der Waals surface area contributed by atoms with Crippen LogP contribution in [0.3, 0.4) is 0 Å². The predicted molar refractivity (Wildman–Crippen MR) is 86.9 cm³/mol. The van der Waals surface area contributed by atoms with E-state index in [4.69, 9.17) is 0 Å². The normalized spacial score (nSPS) is 13.7. The van der Waals surface area contributed by atoms with E-state index in [1.807, 2.05) is 0 Å². The van der Waals surface area contributed by atoms with Crippen LogP contribution in [0.25, 0.3) is 11.3 Å². The van der Waals surface area contributed by atoms with Crippen LogP contribution in [-0.4, -0.2) is 48.0 Å². The fraction of sp³-hybridized carbons (Fsp3) is 0.235. The van der Waals surface area contributed by atoms with E-state index in [0.29, 0.717) is 43.0 Å². The third kappa shape index (κ3) is 3.68. The topological polar surface area (TPSA) is 74.3 Å². The molecule has 1 aromatic carbocycles. The maximum absolute atomic E-state index is 13.2. The lowest BCUT2D eigenvalue weighted by atomic mass is 10.1. The third-order valence-electron chi connectivity index (χ3n) is 3.76. The van der Waals surface area contributed by atoms with Gasteiger partial charge in [0.1, 0.15) is 5.82 Å². The van der Waals surface area contributed by atoms with Crippen molar-refractivity contribution in [2.75, 3.05) is 26.2 Å². The summed E-state index contributed by atoms with van der Waals surface area (Å²) in [5.74, 6) is -0.588. The average molecular weight is 328 g/mol. The van der Waals surface area contributed by atoms with Crippen molar-refractivity contribution in [3.05, 3.63) is 54.0 Å². The molecule has 0 spiro atoms. The Morgan fingerprint density at radius 2 is 2.21 bits per heavy atom. The van der Waals surface area contributed by atoms with Crippen LogP contribution in [0.1, 0.15) is 10.4 Å². The number of halogens is 1.